The zero-order valence-electron chi connectivity index (χ0n) is 17.1. The molecule has 3 N–H and O–H groups in total. The van der Waals surface area contributed by atoms with Crippen molar-refractivity contribution in [1.29, 1.82) is 0 Å². The minimum Gasteiger partial charge on any atom is -0.506 e. The van der Waals surface area contributed by atoms with Crippen LogP contribution in [0.1, 0.15) is 32.6 Å². The van der Waals surface area contributed by atoms with Crippen molar-refractivity contribution in [1.82, 2.24) is 15.5 Å². The van der Waals surface area contributed by atoms with Gasteiger partial charge in [0.2, 0.25) is 5.91 Å². The standard InChI is InChI=1S/C22H32N4O3/c1-15(18-13-16-6-7-17(18)12-16)23-22(29)24-21(28)14-25-8-10-26(11-9-25)19-4-2-3-5-20(19)27/h2-5,15-18,27H,6-14H2,1H3,(H2,23,24,28,29). The van der Waals surface area contributed by atoms with Crippen molar-refractivity contribution in [3.05, 3.63) is 24.3 Å². The summed E-state index contributed by atoms with van der Waals surface area (Å²) in [5, 5.41) is 15.5. The van der Waals surface area contributed by atoms with Gasteiger partial charge in [-0.15, -0.1) is 0 Å². The molecule has 2 saturated carbocycles. The molecule has 29 heavy (non-hydrogen) atoms. The highest BCUT2D eigenvalue weighted by Gasteiger charge is 2.42. The van der Waals surface area contributed by atoms with E-state index < -0.39 is 0 Å². The number of phenolic OH excluding ortho intramolecular Hbond substituents is 1. The number of para-hydroxylation sites is 2. The SMILES string of the molecule is CC(NC(=O)NC(=O)CN1CCN(c2ccccc2O)CC1)C1CC2CCC1C2. The second-order valence-electron chi connectivity index (χ2n) is 8.90. The van der Waals surface area contributed by atoms with Crippen molar-refractivity contribution < 1.29 is 14.7 Å². The van der Waals surface area contributed by atoms with E-state index in [1.165, 1.54) is 25.7 Å². The Balaban J connectivity index is 1.18. The van der Waals surface area contributed by atoms with Gasteiger partial charge < -0.3 is 15.3 Å². The molecule has 0 aromatic heterocycles. The maximum absolute atomic E-state index is 12.3. The van der Waals surface area contributed by atoms with Crippen LogP contribution in [0.25, 0.3) is 0 Å². The second-order valence-corrected chi connectivity index (χ2v) is 8.90. The molecule has 3 aliphatic rings. The number of piperazine rings is 1. The Morgan fingerprint density at radius 1 is 1.14 bits per heavy atom. The summed E-state index contributed by atoms with van der Waals surface area (Å²) >= 11 is 0. The Bertz CT molecular complexity index is 747. The van der Waals surface area contributed by atoms with Gasteiger partial charge in [-0.3, -0.25) is 15.0 Å². The number of phenols is 1. The molecule has 1 aromatic carbocycles. The van der Waals surface area contributed by atoms with Crippen molar-refractivity contribution in [2.75, 3.05) is 37.6 Å². The summed E-state index contributed by atoms with van der Waals surface area (Å²) in [4.78, 5) is 28.7. The van der Waals surface area contributed by atoms with E-state index in [-0.39, 0.29) is 30.3 Å². The Hall–Kier alpha value is -2.28. The molecule has 1 aromatic rings. The van der Waals surface area contributed by atoms with Crippen molar-refractivity contribution in [2.24, 2.45) is 17.8 Å². The molecule has 7 nitrogen and oxygen atoms in total. The average molecular weight is 401 g/mol. The number of amides is 3. The topological polar surface area (TPSA) is 84.9 Å². The Morgan fingerprint density at radius 2 is 1.90 bits per heavy atom. The van der Waals surface area contributed by atoms with Gasteiger partial charge in [0.15, 0.2) is 0 Å². The van der Waals surface area contributed by atoms with Crippen LogP contribution in [0.3, 0.4) is 0 Å². The Labute approximate surface area is 172 Å². The van der Waals surface area contributed by atoms with Crippen LogP contribution in [0, 0.1) is 17.8 Å². The van der Waals surface area contributed by atoms with Crippen molar-refractivity contribution in [2.45, 2.75) is 38.6 Å². The fourth-order valence-corrected chi connectivity index (χ4v) is 5.50. The zero-order valence-corrected chi connectivity index (χ0v) is 17.1. The Kier molecular flexibility index (Phi) is 5.94. The average Bonchev–Trinajstić information content (AvgIpc) is 3.32. The summed E-state index contributed by atoms with van der Waals surface area (Å²) in [5.41, 5.74) is 0.825. The predicted octanol–water partition coefficient (Wildman–Crippen LogP) is 2.16. The van der Waals surface area contributed by atoms with E-state index in [1.807, 2.05) is 23.1 Å². The summed E-state index contributed by atoms with van der Waals surface area (Å²) in [7, 11) is 0. The van der Waals surface area contributed by atoms with E-state index in [0.717, 1.165) is 30.6 Å². The number of carbonyl (C=O) groups is 2. The van der Waals surface area contributed by atoms with Crippen LogP contribution in [-0.4, -0.2) is 60.7 Å². The van der Waals surface area contributed by atoms with Crippen molar-refractivity contribution in [3.63, 3.8) is 0 Å². The first kappa shape index (κ1) is 20.0. The quantitative estimate of drug-likeness (QED) is 0.705. The van der Waals surface area contributed by atoms with Crippen LogP contribution in [0.2, 0.25) is 0 Å². The number of urea groups is 1. The number of fused-ring (bicyclic) bond motifs is 2. The van der Waals surface area contributed by atoms with E-state index in [0.29, 0.717) is 19.0 Å². The molecular weight excluding hydrogens is 368 g/mol. The Morgan fingerprint density at radius 3 is 2.55 bits per heavy atom. The first-order valence-electron chi connectivity index (χ1n) is 10.8. The monoisotopic (exact) mass is 400 g/mol. The molecule has 0 spiro atoms. The summed E-state index contributed by atoms with van der Waals surface area (Å²) in [5.74, 6) is 2.15. The normalized spacial score (nSPS) is 27.6. The van der Waals surface area contributed by atoms with Gasteiger partial charge in [-0.2, -0.15) is 0 Å². The molecule has 3 amide bonds. The van der Waals surface area contributed by atoms with E-state index in [9.17, 15) is 14.7 Å². The second kappa shape index (κ2) is 8.61. The fourth-order valence-electron chi connectivity index (χ4n) is 5.50. The highest BCUT2D eigenvalue weighted by molar-refractivity contribution is 5.95. The highest BCUT2D eigenvalue weighted by atomic mass is 16.3. The number of benzene rings is 1. The van der Waals surface area contributed by atoms with Gasteiger partial charge in [-0.25, -0.2) is 4.79 Å². The number of hydrogen-bond acceptors (Lipinski definition) is 5. The third kappa shape index (κ3) is 4.66. The summed E-state index contributed by atoms with van der Waals surface area (Å²) in [6, 6.07) is 7.04. The van der Waals surface area contributed by atoms with Crippen LogP contribution in [-0.2, 0) is 4.79 Å². The van der Waals surface area contributed by atoms with E-state index in [1.54, 1.807) is 6.07 Å². The van der Waals surface area contributed by atoms with Crippen LogP contribution in [0.5, 0.6) is 5.75 Å². The highest BCUT2D eigenvalue weighted by Crippen LogP contribution is 2.49. The first-order valence-corrected chi connectivity index (χ1v) is 10.8. The van der Waals surface area contributed by atoms with E-state index in [4.69, 9.17) is 0 Å². The zero-order chi connectivity index (χ0) is 20.4. The van der Waals surface area contributed by atoms with Crippen molar-refractivity contribution in [3.8, 4) is 5.75 Å². The number of nitrogens with zero attached hydrogens (tertiary/aromatic N) is 2. The van der Waals surface area contributed by atoms with Crippen molar-refractivity contribution >= 4 is 17.6 Å². The molecule has 3 fully saturated rings. The molecule has 0 radical (unpaired) electrons. The molecule has 4 unspecified atom stereocenters. The van der Waals surface area contributed by atoms with Gasteiger partial charge in [-0.1, -0.05) is 18.6 Å². The molecule has 7 heteroatoms. The maximum atomic E-state index is 12.3. The molecule has 1 aliphatic heterocycles. The van der Waals surface area contributed by atoms with Gasteiger partial charge >= 0.3 is 6.03 Å². The number of aromatic hydroxyl groups is 1. The van der Waals surface area contributed by atoms with Crippen LogP contribution >= 0.6 is 0 Å². The molecule has 158 valence electrons. The maximum Gasteiger partial charge on any atom is 0.321 e. The van der Waals surface area contributed by atoms with Gasteiger partial charge in [0, 0.05) is 32.2 Å². The number of imide groups is 1. The lowest BCUT2D eigenvalue weighted by Crippen LogP contribution is -2.52. The molecule has 4 atom stereocenters. The number of rotatable bonds is 5. The van der Waals surface area contributed by atoms with Gasteiger partial charge in [0.25, 0.3) is 0 Å². The van der Waals surface area contributed by atoms with Gasteiger partial charge in [0.1, 0.15) is 5.75 Å². The summed E-state index contributed by atoms with van der Waals surface area (Å²) in [6.45, 7) is 5.17. The van der Waals surface area contributed by atoms with Crippen LogP contribution < -0.4 is 15.5 Å². The fraction of sp³-hybridized carbons (Fsp3) is 0.636. The summed E-state index contributed by atoms with van der Waals surface area (Å²) in [6.07, 6.45) is 5.15. The number of anilines is 1. The lowest BCUT2D eigenvalue weighted by atomic mass is 9.84. The predicted molar refractivity (Wildman–Crippen MR) is 112 cm³/mol. The first-order chi connectivity index (χ1) is 14.0. The number of carbonyl (C=O) groups excluding carboxylic acids is 2. The lowest BCUT2D eigenvalue weighted by Gasteiger charge is -2.35. The summed E-state index contributed by atoms with van der Waals surface area (Å²) < 4.78 is 0. The van der Waals surface area contributed by atoms with Crippen LogP contribution in [0.15, 0.2) is 24.3 Å². The molecule has 2 bridgehead atoms. The lowest BCUT2D eigenvalue weighted by molar-refractivity contribution is -0.121. The van der Waals surface area contributed by atoms with Gasteiger partial charge in [0.05, 0.1) is 12.2 Å². The third-order valence-electron chi connectivity index (χ3n) is 7.01. The number of nitrogens with one attached hydrogen (secondary N) is 2. The third-order valence-corrected chi connectivity index (χ3v) is 7.01. The molecule has 4 rings (SSSR count). The van der Waals surface area contributed by atoms with Gasteiger partial charge in [-0.05, 0) is 56.1 Å². The molecule has 1 saturated heterocycles. The minimum absolute atomic E-state index is 0.111. The largest absolute Gasteiger partial charge is 0.506 e. The van der Waals surface area contributed by atoms with E-state index in [2.05, 4.69) is 22.5 Å². The molecule has 2 aliphatic carbocycles. The van der Waals surface area contributed by atoms with E-state index >= 15 is 0 Å². The minimum atomic E-state index is -0.377. The number of hydrogen-bond donors (Lipinski definition) is 3. The van der Waals surface area contributed by atoms with Crippen LogP contribution in [0.4, 0.5) is 10.5 Å². The molecule has 1 heterocycles. The molecular formula is C22H32N4O3. The smallest absolute Gasteiger partial charge is 0.321 e.